The highest BCUT2D eigenvalue weighted by atomic mass is 19.4. The number of hydrogen-bond acceptors (Lipinski definition) is 4. The lowest BCUT2D eigenvalue weighted by Crippen LogP contribution is -2.53. The van der Waals surface area contributed by atoms with Gasteiger partial charge in [0.05, 0.1) is 5.56 Å². The Labute approximate surface area is 188 Å². The largest absolute Gasteiger partial charge is 0.445 e. The number of nitrogens with zero attached hydrogens (tertiary/aromatic N) is 1. The Bertz CT molecular complexity index is 998. The third kappa shape index (κ3) is 6.24. The first-order valence-electron chi connectivity index (χ1n) is 10.4. The molecule has 2 aromatic carbocycles. The number of benzene rings is 2. The molecule has 0 unspecified atom stereocenters. The van der Waals surface area contributed by atoms with Gasteiger partial charge in [-0.3, -0.25) is 14.5 Å². The van der Waals surface area contributed by atoms with Crippen LogP contribution in [-0.2, 0) is 33.5 Å². The Balaban J connectivity index is 1.66. The van der Waals surface area contributed by atoms with Crippen molar-refractivity contribution in [1.82, 2.24) is 10.2 Å². The molecular formula is C23H24F3N3O4. The number of carbonyl (C=O) groups excluding carboxylic acids is 3. The number of nitrogens with two attached hydrogens (primary N) is 1. The van der Waals surface area contributed by atoms with Gasteiger partial charge in [0.15, 0.2) is 0 Å². The molecule has 3 amide bonds. The van der Waals surface area contributed by atoms with Gasteiger partial charge < -0.3 is 15.8 Å². The number of ether oxygens (including phenoxy) is 1. The summed E-state index contributed by atoms with van der Waals surface area (Å²) in [5.74, 6) is -1.64. The molecule has 10 heteroatoms. The van der Waals surface area contributed by atoms with Crippen molar-refractivity contribution in [2.24, 2.45) is 5.73 Å². The molecule has 1 aliphatic rings. The van der Waals surface area contributed by atoms with Crippen LogP contribution in [-0.4, -0.2) is 41.4 Å². The number of alkyl halides is 3. The second-order valence-electron chi connectivity index (χ2n) is 7.71. The van der Waals surface area contributed by atoms with Crippen molar-refractivity contribution in [3.63, 3.8) is 0 Å². The molecule has 0 aliphatic carbocycles. The standard InChI is InChI=1S/C23H24F3N3O4/c24-23(25,26)17-10-5-4-9-16(17)13-18(20(27)30)28-21(31)19-11-6-12-29(19)22(32)33-14-15-7-2-1-3-8-15/h1-5,7-10,18-19H,6,11-14H2,(H2,27,30)(H,28,31)/t18-,19+/m0/s1. The zero-order valence-electron chi connectivity index (χ0n) is 17.7. The van der Waals surface area contributed by atoms with Crippen molar-refractivity contribution in [3.05, 3.63) is 71.3 Å². The zero-order valence-corrected chi connectivity index (χ0v) is 17.7. The maximum atomic E-state index is 13.3. The fourth-order valence-corrected chi connectivity index (χ4v) is 3.75. The molecule has 3 N–H and O–H groups in total. The van der Waals surface area contributed by atoms with Gasteiger partial charge in [0.25, 0.3) is 0 Å². The molecule has 1 heterocycles. The second kappa shape index (κ2) is 10.4. The molecule has 2 aromatic rings. The number of hydrogen-bond donors (Lipinski definition) is 2. The molecule has 1 saturated heterocycles. The predicted molar refractivity (Wildman–Crippen MR) is 113 cm³/mol. The molecule has 33 heavy (non-hydrogen) atoms. The Morgan fingerprint density at radius 2 is 1.76 bits per heavy atom. The topological polar surface area (TPSA) is 102 Å². The molecular weight excluding hydrogens is 439 g/mol. The number of nitrogens with one attached hydrogen (secondary N) is 1. The summed E-state index contributed by atoms with van der Waals surface area (Å²) >= 11 is 0. The SMILES string of the molecule is NC(=O)[C@H](Cc1ccccc1C(F)(F)F)NC(=O)[C@H]1CCCN1C(=O)OCc1ccccc1. The Kier molecular flexibility index (Phi) is 7.57. The average molecular weight is 463 g/mol. The van der Waals surface area contributed by atoms with Gasteiger partial charge in [0, 0.05) is 13.0 Å². The molecule has 7 nitrogen and oxygen atoms in total. The smallest absolute Gasteiger partial charge is 0.416 e. The highest BCUT2D eigenvalue weighted by molar-refractivity contribution is 5.91. The van der Waals surface area contributed by atoms with Gasteiger partial charge in [-0.1, -0.05) is 48.5 Å². The molecule has 3 rings (SSSR count). The molecule has 0 aromatic heterocycles. The van der Waals surface area contributed by atoms with E-state index in [-0.39, 0.29) is 18.7 Å². The number of primary amides is 1. The van der Waals surface area contributed by atoms with Crippen LogP contribution >= 0.6 is 0 Å². The van der Waals surface area contributed by atoms with Crippen LogP contribution in [0.4, 0.5) is 18.0 Å². The summed E-state index contributed by atoms with van der Waals surface area (Å²) in [6, 6.07) is 11.5. The maximum absolute atomic E-state index is 13.3. The first-order chi connectivity index (χ1) is 15.7. The van der Waals surface area contributed by atoms with Gasteiger partial charge in [0.1, 0.15) is 18.7 Å². The van der Waals surface area contributed by atoms with Crippen LogP contribution in [0.1, 0.15) is 29.5 Å². The molecule has 0 saturated carbocycles. The van der Waals surface area contributed by atoms with Crippen LogP contribution in [0.15, 0.2) is 54.6 Å². The maximum Gasteiger partial charge on any atom is 0.416 e. The quantitative estimate of drug-likeness (QED) is 0.659. The minimum atomic E-state index is -4.62. The van der Waals surface area contributed by atoms with Crippen LogP contribution in [0.3, 0.4) is 0 Å². The van der Waals surface area contributed by atoms with E-state index in [1.165, 1.54) is 23.1 Å². The van der Waals surface area contributed by atoms with Crippen molar-refractivity contribution in [1.29, 1.82) is 0 Å². The molecule has 2 atom stereocenters. The van der Waals surface area contributed by atoms with E-state index in [1.54, 1.807) is 24.3 Å². The molecule has 0 radical (unpaired) electrons. The van der Waals surface area contributed by atoms with Crippen LogP contribution in [0.2, 0.25) is 0 Å². The molecule has 176 valence electrons. The summed E-state index contributed by atoms with van der Waals surface area (Å²) in [6.45, 7) is 0.312. The number of carbonyl (C=O) groups is 3. The lowest BCUT2D eigenvalue weighted by Gasteiger charge is -2.25. The summed E-state index contributed by atoms with van der Waals surface area (Å²) in [5.41, 5.74) is 5.07. The van der Waals surface area contributed by atoms with Crippen molar-refractivity contribution >= 4 is 17.9 Å². The van der Waals surface area contributed by atoms with E-state index in [0.29, 0.717) is 12.8 Å². The number of halogens is 3. The highest BCUT2D eigenvalue weighted by Crippen LogP contribution is 2.32. The number of amides is 3. The van der Waals surface area contributed by atoms with E-state index in [2.05, 4.69) is 5.32 Å². The van der Waals surface area contributed by atoms with Crippen molar-refractivity contribution in [2.45, 2.75) is 44.1 Å². The van der Waals surface area contributed by atoms with Crippen LogP contribution in [0, 0.1) is 0 Å². The van der Waals surface area contributed by atoms with Gasteiger partial charge in [-0.2, -0.15) is 13.2 Å². The molecule has 0 spiro atoms. The highest BCUT2D eigenvalue weighted by Gasteiger charge is 2.38. The third-order valence-corrected chi connectivity index (χ3v) is 5.40. The van der Waals surface area contributed by atoms with Gasteiger partial charge in [0.2, 0.25) is 11.8 Å². The predicted octanol–water partition coefficient (Wildman–Crippen LogP) is 3.02. The Hall–Kier alpha value is -3.56. The van der Waals surface area contributed by atoms with Crippen LogP contribution < -0.4 is 11.1 Å². The van der Waals surface area contributed by atoms with Crippen LogP contribution in [0.25, 0.3) is 0 Å². The van der Waals surface area contributed by atoms with Crippen LogP contribution in [0.5, 0.6) is 0 Å². The normalized spacial score (nSPS) is 16.8. The monoisotopic (exact) mass is 463 g/mol. The molecule has 1 fully saturated rings. The lowest BCUT2D eigenvalue weighted by atomic mass is 9.99. The van der Waals surface area contributed by atoms with Crippen molar-refractivity contribution in [3.8, 4) is 0 Å². The van der Waals surface area contributed by atoms with E-state index in [1.807, 2.05) is 6.07 Å². The van der Waals surface area contributed by atoms with E-state index in [9.17, 15) is 27.6 Å². The van der Waals surface area contributed by atoms with Gasteiger partial charge in [-0.25, -0.2) is 4.79 Å². The second-order valence-corrected chi connectivity index (χ2v) is 7.71. The number of likely N-dealkylation sites (tertiary alicyclic amines) is 1. The lowest BCUT2D eigenvalue weighted by molar-refractivity contribution is -0.138. The zero-order chi connectivity index (χ0) is 24.0. The van der Waals surface area contributed by atoms with Gasteiger partial charge >= 0.3 is 12.3 Å². The number of rotatable bonds is 7. The Morgan fingerprint density at radius 3 is 2.42 bits per heavy atom. The Morgan fingerprint density at radius 1 is 1.09 bits per heavy atom. The summed E-state index contributed by atoms with van der Waals surface area (Å²) in [7, 11) is 0. The van der Waals surface area contributed by atoms with Gasteiger partial charge in [-0.15, -0.1) is 0 Å². The minimum absolute atomic E-state index is 0.0304. The fourth-order valence-electron chi connectivity index (χ4n) is 3.75. The first kappa shape index (κ1) is 24.1. The summed E-state index contributed by atoms with van der Waals surface area (Å²) in [6.07, 6.45) is -4.86. The fraction of sp³-hybridized carbons (Fsp3) is 0.348. The minimum Gasteiger partial charge on any atom is -0.445 e. The van der Waals surface area contributed by atoms with E-state index < -0.39 is 48.2 Å². The van der Waals surface area contributed by atoms with Crippen molar-refractivity contribution < 1.29 is 32.3 Å². The van der Waals surface area contributed by atoms with E-state index in [0.717, 1.165) is 11.6 Å². The molecule has 0 bridgehead atoms. The van der Waals surface area contributed by atoms with E-state index >= 15 is 0 Å². The van der Waals surface area contributed by atoms with Gasteiger partial charge in [-0.05, 0) is 30.0 Å². The average Bonchev–Trinajstić information content (AvgIpc) is 3.27. The van der Waals surface area contributed by atoms with E-state index in [4.69, 9.17) is 10.5 Å². The third-order valence-electron chi connectivity index (χ3n) is 5.40. The summed E-state index contributed by atoms with van der Waals surface area (Å²) < 4.78 is 45.1. The molecule has 1 aliphatic heterocycles. The summed E-state index contributed by atoms with van der Waals surface area (Å²) in [4.78, 5) is 38.5. The van der Waals surface area contributed by atoms with Crippen molar-refractivity contribution in [2.75, 3.05) is 6.54 Å². The first-order valence-corrected chi connectivity index (χ1v) is 10.4. The summed E-state index contributed by atoms with van der Waals surface area (Å²) in [5, 5.41) is 2.41.